The minimum absolute atomic E-state index is 0.278. The molecule has 0 saturated carbocycles. The number of nitrogens with one attached hydrogen (secondary N) is 1. The van der Waals surface area contributed by atoms with Gasteiger partial charge in [0.15, 0.2) is 4.67 Å². The largest absolute Gasteiger partial charge is 0.491 e. The van der Waals surface area contributed by atoms with Crippen LogP contribution in [0.4, 0.5) is 0 Å². The summed E-state index contributed by atoms with van der Waals surface area (Å²) in [5.74, 6) is 7.12. The van der Waals surface area contributed by atoms with Gasteiger partial charge < -0.3 is 13.9 Å². The first-order valence-corrected chi connectivity index (χ1v) is 6.97. The Morgan fingerprint density at radius 2 is 2.05 bits per heavy atom. The molecule has 1 heterocycles. The lowest BCUT2D eigenvalue weighted by atomic mass is 10.0. The molecule has 0 spiro atoms. The number of rotatable bonds is 7. The van der Waals surface area contributed by atoms with Crippen LogP contribution >= 0.6 is 15.9 Å². The maximum absolute atomic E-state index is 5.71. The van der Waals surface area contributed by atoms with Crippen LogP contribution in [0.15, 0.2) is 45.5 Å². The predicted octanol–water partition coefficient (Wildman–Crippen LogP) is 2.62. The molecule has 1 aromatic carbocycles. The number of halogens is 1. The van der Waals surface area contributed by atoms with Crippen LogP contribution in [-0.2, 0) is 4.74 Å². The summed E-state index contributed by atoms with van der Waals surface area (Å²) in [4.78, 5) is 0. The molecule has 2 rings (SSSR count). The molecule has 108 valence electrons. The lowest BCUT2D eigenvalue weighted by molar-refractivity contribution is 0.145. The topological polar surface area (TPSA) is 69.7 Å². The van der Waals surface area contributed by atoms with Crippen LogP contribution in [0.5, 0.6) is 5.75 Å². The normalized spacial score (nSPS) is 12.3. The Labute approximate surface area is 126 Å². The number of para-hydroxylation sites is 1. The molecular weight excluding hydrogens is 324 g/mol. The number of benzene rings is 1. The van der Waals surface area contributed by atoms with Crippen molar-refractivity contribution >= 4 is 15.9 Å². The highest BCUT2D eigenvalue weighted by molar-refractivity contribution is 9.10. The molecule has 2 aromatic rings. The average molecular weight is 341 g/mol. The van der Waals surface area contributed by atoms with Crippen molar-refractivity contribution in [3.63, 3.8) is 0 Å². The SMILES string of the molecule is COCCOc1ccccc1C(NN)c1ccc(Br)o1. The van der Waals surface area contributed by atoms with E-state index < -0.39 is 0 Å². The Kier molecular flexibility index (Phi) is 5.60. The van der Waals surface area contributed by atoms with Crippen molar-refractivity contribution in [3.05, 3.63) is 52.4 Å². The van der Waals surface area contributed by atoms with E-state index in [0.29, 0.717) is 23.6 Å². The third kappa shape index (κ3) is 3.61. The van der Waals surface area contributed by atoms with E-state index in [1.807, 2.05) is 36.4 Å². The van der Waals surface area contributed by atoms with Gasteiger partial charge in [-0.25, -0.2) is 5.43 Å². The Morgan fingerprint density at radius 3 is 2.70 bits per heavy atom. The molecular formula is C14H17BrN2O3. The number of hydrogen-bond donors (Lipinski definition) is 2. The van der Waals surface area contributed by atoms with Gasteiger partial charge in [0.1, 0.15) is 24.2 Å². The monoisotopic (exact) mass is 340 g/mol. The molecule has 5 nitrogen and oxygen atoms in total. The van der Waals surface area contributed by atoms with Crippen LogP contribution in [0.25, 0.3) is 0 Å². The third-order valence-corrected chi connectivity index (χ3v) is 3.25. The standard InChI is InChI=1S/C14H17BrN2O3/c1-18-8-9-19-11-5-3-2-4-10(11)14(17-16)12-6-7-13(15)20-12/h2-7,14,17H,8-9,16H2,1H3. The fourth-order valence-corrected chi connectivity index (χ4v) is 2.21. The molecule has 1 aromatic heterocycles. The van der Waals surface area contributed by atoms with E-state index in [1.54, 1.807) is 7.11 Å². The molecule has 20 heavy (non-hydrogen) atoms. The number of hydrazine groups is 1. The van der Waals surface area contributed by atoms with E-state index in [-0.39, 0.29) is 6.04 Å². The van der Waals surface area contributed by atoms with Crippen molar-refractivity contribution < 1.29 is 13.9 Å². The van der Waals surface area contributed by atoms with Gasteiger partial charge in [-0.15, -0.1) is 0 Å². The summed E-state index contributed by atoms with van der Waals surface area (Å²) in [7, 11) is 1.64. The van der Waals surface area contributed by atoms with Crippen molar-refractivity contribution in [1.82, 2.24) is 5.43 Å². The zero-order chi connectivity index (χ0) is 14.4. The summed E-state index contributed by atoms with van der Waals surface area (Å²) in [6.07, 6.45) is 0. The highest BCUT2D eigenvalue weighted by atomic mass is 79.9. The minimum Gasteiger partial charge on any atom is -0.491 e. The number of nitrogens with two attached hydrogens (primary N) is 1. The number of furan rings is 1. The second-order valence-corrected chi connectivity index (χ2v) is 4.90. The van der Waals surface area contributed by atoms with E-state index in [9.17, 15) is 0 Å². The van der Waals surface area contributed by atoms with Gasteiger partial charge in [-0.2, -0.15) is 0 Å². The van der Waals surface area contributed by atoms with Gasteiger partial charge >= 0.3 is 0 Å². The van der Waals surface area contributed by atoms with Gasteiger partial charge in [0.05, 0.1) is 6.61 Å². The molecule has 6 heteroatoms. The van der Waals surface area contributed by atoms with Crippen LogP contribution in [-0.4, -0.2) is 20.3 Å². The van der Waals surface area contributed by atoms with Crippen molar-refractivity contribution in [2.45, 2.75) is 6.04 Å². The molecule has 0 saturated heterocycles. The van der Waals surface area contributed by atoms with Crippen molar-refractivity contribution in [3.8, 4) is 5.75 Å². The molecule has 0 bridgehead atoms. The van der Waals surface area contributed by atoms with Crippen LogP contribution in [0.2, 0.25) is 0 Å². The molecule has 0 aliphatic heterocycles. The molecule has 3 N–H and O–H groups in total. The Morgan fingerprint density at radius 1 is 1.25 bits per heavy atom. The zero-order valence-electron chi connectivity index (χ0n) is 11.1. The lowest BCUT2D eigenvalue weighted by Crippen LogP contribution is -2.29. The predicted molar refractivity (Wildman–Crippen MR) is 79.4 cm³/mol. The quantitative estimate of drug-likeness (QED) is 0.460. The smallest absolute Gasteiger partial charge is 0.169 e. The summed E-state index contributed by atoms with van der Waals surface area (Å²) in [5, 5.41) is 0. The maximum atomic E-state index is 5.71. The lowest BCUT2D eigenvalue weighted by Gasteiger charge is -2.18. The Bertz CT molecular complexity index is 545. The highest BCUT2D eigenvalue weighted by Gasteiger charge is 2.20. The van der Waals surface area contributed by atoms with Crippen molar-refractivity contribution in [2.24, 2.45) is 5.84 Å². The molecule has 1 atom stereocenters. The van der Waals surface area contributed by atoms with Gasteiger partial charge in [0.2, 0.25) is 0 Å². The van der Waals surface area contributed by atoms with E-state index >= 15 is 0 Å². The average Bonchev–Trinajstić information content (AvgIpc) is 2.88. The van der Waals surface area contributed by atoms with E-state index in [2.05, 4.69) is 21.4 Å². The summed E-state index contributed by atoms with van der Waals surface area (Å²) >= 11 is 3.29. The van der Waals surface area contributed by atoms with Crippen molar-refractivity contribution in [2.75, 3.05) is 20.3 Å². The van der Waals surface area contributed by atoms with E-state index in [1.165, 1.54) is 0 Å². The summed E-state index contributed by atoms with van der Waals surface area (Å²) in [6, 6.07) is 11.1. The second-order valence-electron chi connectivity index (χ2n) is 4.12. The molecule has 0 aliphatic rings. The Balaban J connectivity index is 2.25. The van der Waals surface area contributed by atoms with E-state index in [4.69, 9.17) is 19.7 Å². The van der Waals surface area contributed by atoms with Crippen LogP contribution < -0.4 is 16.0 Å². The summed E-state index contributed by atoms with van der Waals surface area (Å²) in [5.41, 5.74) is 3.66. The minimum atomic E-state index is -0.278. The third-order valence-electron chi connectivity index (χ3n) is 2.82. The highest BCUT2D eigenvalue weighted by Crippen LogP contribution is 2.31. The first kappa shape index (κ1) is 15.1. The van der Waals surface area contributed by atoms with Gasteiger partial charge in [-0.3, -0.25) is 5.84 Å². The number of ether oxygens (including phenoxy) is 2. The first-order valence-electron chi connectivity index (χ1n) is 6.18. The molecule has 0 aliphatic carbocycles. The molecule has 0 amide bonds. The summed E-state index contributed by atoms with van der Waals surface area (Å²) < 4.78 is 16.9. The first-order chi connectivity index (χ1) is 9.76. The van der Waals surface area contributed by atoms with Crippen LogP contribution in [0.1, 0.15) is 17.4 Å². The molecule has 0 fully saturated rings. The molecule has 1 unspecified atom stereocenters. The zero-order valence-corrected chi connectivity index (χ0v) is 12.7. The van der Waals surface area contributed by atoms with Gasteiger partial charge in [-0.05, 0) is 34.1 Å². The maximum Gasteiger partial charge on any atom is 0.169 e. The van der Waals surface area contributed by atoms with Gasteiger partial charge in [0.25, 0.3) is 0 Å². The number of methoxy groups -OCH3 is 1. The summed E-state index contributed by atoms with van der Waals surface area (Å²) in [6.45, 7) is 1.01. The van der Waals surface area contributed by atoms with Crippen molar-refractivity contribution in [1.29, 1.82) is 0 Å². The second kappa shape index (κ2) is 7.44. The Hall–Kier alpha value is -1.34. The van der Waals surface area contributed by atoms with E-state index in [0.717, 1.165) is 11.3 Å². The fourth-order valence-electron chi connectivity index (χ4n) is 1.89. The van der Waals surface area contributed by atoms with Crippen LogP contribution in [0, 0.1) is 0 Å². The van der Waals surface area contributed by atoms with Gasteiger partial charge in [-0.1, -0.05) is 18.2 Å². The van der Waals surface area contributed by atoms with Crippen LogP contribution in [0.3, 0.4) is 0 Å². The molecule has 0 radical (unpaired) electrons. The number of hydrogen-bond acceptors (Lipinski definition) is 5. The fraction of sp³-hybridized carbons (Fsp3) is 0.286. The van der Waals surface area contributed by atoms with Gasteiger partial charge in [0, 0.05) is 12.7 Å².